The van der Waals surface area contributed by atoms with Crippen molar-refractivity contribution in [2.24, 2.45) is 16.7 Å². The normalized spacial score (nSPS) is 36.0. The van der Waals surface area contributed by atoms with E-state index in [4.69, 9.17) is 0 Å². The molecule has 1 heterocycles. The van der Waals surface area contributed by atoms with Crippen LogP contribution in [0.4, 0.5) is 0 Å². The molecular formula is C16H31N. The summed E-state index contributed by atoms with van der Waals surface area (Å²) in [6.07, 6.45) is 5.85. The first kappa shape index (κ1) is 13.4. The lowest BCUT2D eigenvalue weighted by Gasteiger charge is -2.34. The lowest BCUT2D eigenvalue weighted by molar-refractivity contribution is 0.142. The average Bonchev–Trinajstić information content (AvgIpc) is 2.72. The molecule has 1 aliphatic carbocycles. The Morgan fingerprint density at radius 1 is 1.00 bits per heavy atom. The van der Waals surface area contributed by atoms with Crippen LogP contribution in [-0.4, -0.2) is 23.5 Å². The lowest BCUT2D eigenvalue weighted by Crippen LogP contribution is -2.40. The molecule has 1 nitrogen and oxygen atoms in total. The van der Waals surface area contributed by atoms with Crippen molar-refractivity contribution in [3.63, 3.8) is 0 Å². The van der Waals surface area contributed by atoms with Crippen molar-refractivity contribution < 1.29 is 0 Å². The number of likely N-dealkylation sites (tertiary alicyclic amines) is 1. The molecule has 1 heteroatoms. The molecule has 2 aliphatic rings. The zero-order chi connectivity index (χ0) is 12.9. The van der Waals surface area contributed by atoms with Crippen LogP contribution in [0.5, 0.6) is 0 Å². The molecule has 0 N–H and O–H groups in total. The molecular weight excluding hydrogens is 206 g/mol. The molecule has 0 aromatic rings. The van der Waals surface area contributed by atoms with Crippen molar-refractivity contribution in [2.75, 3.05) is 13.1 Å². The van der Waals surface area contributed by atoms with Crippen molar-refractivity contribution >= 4 is 0 Å². The first-order chi connectivity index (χ1) is 7.62. The van der Waals surface area contributed by atoms with Crippen molar-refractivity contribution in [1.82, 2.24) is 4.90 Å². The van der Waals surface area contributed by atoms with E-state index in [0.29, 0.717) is 16.4 Å². The molecule has 1 spiro atoms. The second-order valence-electron chi connectivity index (χ2n) is 8.65. The molecule has 0 aromatic carbocycles. The van der Waals surface area contributed by atoms with Gasteiger partial charge in [0, 0.05) is 12.1 Å². The predicted molar refractivity (Wildman–Crippen MR) is 75.2 cm³/mol. The van der Waals surface area contributed by atoms with Crippen LogP contribution >= 0.6 is 0 Å². The monoisotopic (exact) mass is 237 g/mol. The molecule has 1 saturated heterocycles. The van der Waals surface area contributed by atoms with Gasteiger partial charge in [0.05, 0.1) is 0 Å². The van der Waals surface area contributed by atoms with Crippen LogP contribution in [0.1, 0.15) is 67.2 Å². The van der Waals surface area contributed by atoms with Crippen LogP contribution < -0.4 is 0 Å². The molecule has 17 heavy (non-hydrogen) atoms. The van der Waals surface area contributed by atoms with Crippen molar-refractivity contribution in [3.05, 3.63) is 0 Å². The van der Waals surface area contributed by atoms with Gasteiger partial charge in [-0.2, -0.15) is 0 Å². The molecule has 100 valence electrons. The SMILES string of the molecule is CC(C)(C)C1CCC2(CCN(C(C)(C)C)C2)C1. The minimum Gasteiger partial charge on any atom is -0.298 e. The summed E-state index contributed by atoms with van der Waals surface area (Å²) in [6.45, 7) is 17.0. The van der Waals surface area contributed by atoms with E-state index in [2.05, 4.69) is 46.4 Å². The maximum atomic E-state index is 2.71. The Kier molecular flexibility index (Phi) is 3.14. The van der Waals surface area contributed by atoms with Gasteiger partial charge in [0.2, 0.25) is 0 Å². The third-order valence-electron chi connectivity index (χ3n) is 5.31. The zero-order valence-electron chi connectivity index (χ0n) is 12.8. The van der Waals surface area contributed by atoms with E-state index in [1.165, 1.54) is 38.8 Å². The Bertz CT molecular complexity index is 249. The highest BCUT2D eigenvalue weighted by Gasteiger charge is 2.48. The Morgan fingerprint density at radius 2 is 1.65 bits per heavy atom. The first-order valence-electron chi connectivity index (χ1n) is 7.38. The number of hydrogen-bond donors (Lipinski definition) is 0. The largest absolute Gasteiger partial charge is 0.298 e. The lowest BCUT2D eigenvalue weighted by atomic mass is 9.76. The van der Waals surface area contributed by atoms with Gasteiger partial charge in [-0.3, -0.25) is 4.90 Å². The van der Waals surface area contributed by atoms with E-state index < -0.39 is 0 Å². The summed E-state index contributed by atoms with van der Waals surface area (Å²) in [5.74, 6) is 0.947. The van der Waals surface area contributed by atoms with Crippen LogP contribution in [0.25, 0.3) is 0 Å². The summed E-state index contributed by atoms with van der Waals surface area (Å²) < 4.78 is 0. The van der Waals surface area contributed by atoms with Crippen LogP contribution in [-0.2, 0) is 0 Å². The number of hydrogen-bond acceptors (Lipinski definition) is 1. The number of nitrogens with zero attached hydrogens (tertiary/aromatic N) is 1. The molecule has 2 atom stereocenters. The van der Waals surface area contributed by atoms with Crippen molar-refractivity contribution in [2.45, 2.75) is 72.8 Å². The Labute approximate surface area is 108 Å². The van der Waals surface area contributed by atoms with Gasteiger partial charge < -0.3 is 0 Å². The minimum atomic E-state index is 0.364. The molecule has 2 rings (SSSR count). The van der Waals surface area contributed by atoms with Crippen molar-refractivity contribution in [3.8, 4) is 0 Å². The second-order valence-corrected chi connectivity index (χ2v) is 8.65. The smallest absolute Gasteiger partial charge is 0.0125 e. The highest BCUT2D eigenvalue weighted by Crippen LogP contribution is 2.53. The van der Waals surface area contributed by atoms with Crippen LogP contribution in [0.2, 0.25) is 0 Å². The van der Waals surface area contributed by atoms with Gasteiger partial charge in [0.25, 0.3) is 0 Å². The number of rotatable bonds is 0. The second kappa shape index (κ2) is 3.98. The summed E-state index contributed by atoms with van der Waals surface area (Å²) in [4.78, 5) is 2.71. The molecule has 0 aromatic heterocycles. The third-order valence-corrected chi connectivity index (χ3v) is 5.31. The predicted octanol–water partition coefficient (Wildman–Crippen LogP) is 4.32. The van der Waals surface area contributed by atoms with E-state index >= 15 is 0 Å². The Hall–Kier alpha value is -0.0400. The van der Waals surface area contributed by atoms with Gasteiger partial charge in [0.1, 0.15) is 0 Å². The fraction of sp³-hybridized carbons (Fsp3) is 1.00. The molecule has 1 aliphatic heterocycles. The van der Waals surface area contributed by atoms with E-state index in [9.17, 15) is 0 Å². The maximum Gasteiger partial charge on any atom is 0.0125 e. The van der Waals surface area contributed by atoms with Crippen LogP contribution in [0.15, 0.2) is 0 Å². The van der Waals surface area contributed by atoms with Gasteiger partial charge in [-0.05, 0) is 69.7 Å². The molecule has 0 radical (unpaired) electrons. The van der Waals surface area contributed by atoms with Crippen molar-refractivity contribution in [1.29, 1.82) is 0 Å². The third kappa shape index (κ3) is 2.70. The molecule has 0 bridgehead atoms. The van der Waals surface area contributed by atoms with Crippen LogP contribution in [0, 0.1) is 16.7 Å². The zero-order valence-corrected chi connectivity index (χ0v) is 12.8. The minimum absolute atomic E-state index is 0.364. The highest BCUT2D eigenvalue weighted by atomic mass is 15.2. The quantitative estimate of drug-likeness (QED) is 0.606. The average molecular weight is 237 g/mol. The summed E-state index contributed by atoms with van der Waals surface area (Å²) >= 11 is 0. The summed E-state index contributed by atoms with van der Waals surface area (Å²) in [6, 6.07) is 0. The van der Waals surface area contributed by atoms with E-state index in [-0.39, 0.29) is 0 Å². The fourth-order valence-electron chi connectivity index (χ4n) is 3.82. The van der Waals surface area contributed by atoms with E-state index in [1.807, 2.05) is 0 Å². The van der Waals surface area contributed by atoms with Gasteiger partial charge in [-0.15, -0.1) is 0 Å². The molecule has 0 amide bonds. The Balaban J connectivity index is 2.01. The fourth-order valence-corrected chi connectivity index (χ4v) is 3.82. The van der Waals surface area contributed by atoms with Gasteiger partial charge in [-0.25, -0.2) is 0 Å². The van der Waals surface area contributed by atoms with Gasteiger partial charge in [0.15, 0.2) is 0 Å². The van der Waals surface area contributed by atoms with Crippen LogP contribution in [0.3, 0.4) is 0 Å². The first-order valence-corrected chi connectivity index (χ1v) is 7.38. The molecule has 1 saturated carbocycles. The maximum absolute atomic E-state index is 2.71. The highest BCUT2D eigenvalue weighted by molar-refractivity contribution is 5.00. The standard InChI is InChI=1S/C16H31N/c1-14(2,3)13-7-8-16(11-13)9-10-17(12-16)15(4,5)6/h13H,7-12H2,1-6H3. The Morgan fingerprint density at radius 3 is 2.06 bits per heavy atom. The van der Waals surface area contributed by atoms with E-state index in [0.717, 1.165) is 5.92 Å². The summed E-state index contributed by atoms with van der Waals surface area (Å²) in [5, 5.41) is 0. The van der Waals surface area contributed by atoms with Gasteiger partial charge in [-0.1, -0.05) is 20.8 Å². The summed E-state index contributed by atoms with van der Waals surface area (Å²) in [7, 11) is 0. The molecule has 2 unspecified atom stereocenters. The van der Waals surface area contributed by atoms with E-state index in [1.54, 1.807) is 0 Å². The van der Waals surface area contributed by atoms with Gasteiger partial charge >= 0.3 is 0 Å². The summed E-state index contributed by atoms with van der Waals surface area (Å²) in [5.41, 5.74) is 1.55. The topological polar surface area (TPSA) is 3.24 Å². The molecule has 2 fully saturated rings.